The van der Waals surface area contributed by atoms with E-state index < -0.39 is 0 Å². The highest BCUT2D eigenvalue weighted by atomic mass is 127. The molecule has 0 atom stereocenters. The Bertz CT molecular complexity index is 1030. The van der Waals surface area contributed by atoms with Crippen LogP contribution in [0.3, 0.4) is 0 Å². The molecule has 2 nitrogen and oxygen atoms in total. The van der Waals surface area contributed by atoms with E-state index in [1.54, 1.807) is 0 Å². The van der Waals surface area contributed by atoms with E-state index in [2.05, 4.69) is 106 Å². The van der Waals surface area contributed by atoms with Gasteiger partial charge in [-0.2, -0.15) is 0 Å². The van der Waals surface area contributed by atoms with E-state index in [0.29, 0.717) is 0 Å². The van der Waals surface area contributed by atoms with E-state index in [0.717, 1.165) is 6.54 Å². The normalized spacial score (nSPS) is 14.6. The van der Waals surface area contributed by atoms with Gasteiger partial charge in [0.05, 0.1) is 16.1 Å². The van der Waals surface area contributed by atoms with Crippen LogP contribution < -0.4 is 9.47 Å². The van der Waals surface area contributed by atoms with Crippen LogP contribution in [0.1, 0.15) is 44.1 Å². The van der Waals surface area contributed by atoms with Crippen LogP contribution in [0.4, 0.5) is 5.69 Å². The standard InChI is InChI=1S/C26H30IN2S/c1-28-19-16-21(22-12-6-7-13-23(22)28)20-26-29(18-11-5-3-2-4-10-17-27)24-14-8-9-15-25(24)30-26/h6-9,12-16,19-20H,2-5,10-11,17-18H2,1H3/q+1. The monoisotopic (exact) mass is 529 g/mol. The molecule has 4 heteroatoms. The molecule has 0 aliphatic carbocycles. The molecule has 0 bridgehead atoms. The predicted molar refractivity (Wildman–Crippen MR) is 139 cm³/mol. The second kappa shape index (κ2) is 10.7. The average Bonchev–Trinajstić information content (AvgIpc) is 3.12. The van der Waals surface area contributed by atoms with Crippen molar-refractivity contribution in [2.24, 2.45) is 7.05 Å². The molecule has 156 valence electrons. The summed E-state index contributed by atoms with van der Waals surface area (Å²) in [6, 6.07) is 19.8. The fourth-order valence-electron chi connectivity index (χ4n) is 4.11. The van der Waals surface area contributed by atoms with Gasteiger partial charge in [0.25, 0.3) is 0 Å². The maximum absolute atomic E-state index is 2.53. The highest BCUT2D eigenvalue weighted by Gasteiger charge is 2.24. The summed E-state index contributed by atoms with van der Waals surface area (Å²) in [5.74, 6) is 0. The van der Waals surface area contributed by atoms with Gasteiger partial charge in [0.1, 0.15) is 7.05 Å². The molecule has 0 saturated carbocycles. The summed E-state index contributed by atoms with van der Waals surface area (Å²) in [6.45, 7) is 1.10. The van der Waals surface area contributed by atoms with E-state index in [-0.39, 0.29) is 0 Å². The third-order valence-electron chi connectivity index (χ3n) is 5.75. The smallest absolute Gasteiger partial charge is 0.212 e. The van der Waals surface area contributed by atoms with Crippen LogP contribution in [-0.4, -0.2) is 11.0 Å². The number of pyridine rings is 1. The van der Waals surface area contributed by atoms with Gasteiger partial charge >= 0.3 is 0 Å². The fourth-order valence-corrected chi connectivity index (χ4v) is 5.79. The molecule has 0 amide bonds. The number of rotatable bonds is 9. The zero-order chi connectivity index (χ0) is 20.8. The lowest BCUT2D eigenvalue weighted by molar-refractivity contribution is -0.644. The van der Waals surface area contributed by atoms with Crippen molar-refractivity contribution in [3.8, 4) is 0 Å². The number of unbranched alkanes of at least 4 members (excludes halogenated alkanes) is 5. The summed E-state index contributed by atoms with van der Waals surface area (Å²) >= 11 is 4.39. The minimum absolute atomic E-state index is 1.10. The number of hydrogen-bond donors (Lipinski definition) is 0. The number of benzene rings is 2. The number of nitrogens with zero attached hydrogens (tertiary/aromatic N) is 2. The van der Waals surface area contributed by atoms with Gasteiger partial charge in [-0.1, -0.05) is 84.3 Å². The molecule has 30 heavy (non-hydrogen) atoms. The third-order valence-corrected chi connectivity index (χ3v) is 7.63. The van der Waals surface area contributed by atoms with E-state index >= 15 is 0 Å². The van der Waals surface area contributed by atoms with E-state index in [4.69, 9.17) is 0 Å². The van der Waals surface area contributed by atoms with Crippen LogP contribution >= 0.6 is 34.4 Å². The maximum Gasteiger partial charge on any atom is 0.212 e. The van der Waals surface area contributed by atoms with Gasteiger partial charge < -0.3 is 4.90 Å². The van der Waals surface area contributed by atoms with Crippen molar-refractivity contribution in [3.63, 3.8) is 0 Å². The highest BCUT2D eigenvalue weighted by Crippen LogP contribution is 2.46. The molecule has 0 saturated heterocycles. The molecule has 1 aromatic heterocycles. The van der Waals surface area contributed by atoms with Gasteiger partial charge in [-0.15, -0.1) is 0 Å². The van der Waals surface area contributed by atoms with Crippen molar-refractivity contribution in [2.75, 3.05) is 15.9 Å². The first-order valence-electron chi connectivity index (χ1n) is 11.0. The number of fused-ring (bicyclic) bond motifs is 2. The number of halogens is 1. The third kappa shape index (κ3) is 5.02. The number of hydrogen-bond acceptors (Lipinski definition) is 2. The fraction of sp³-hybridized carbons (Fsp3) is 0.346. The average molecular weight is 530 g/mol. The zero-order valence-electron chi connectivity index (χ0n) is 17.7. The Kier molecular flexibility index (Phi) is 7.72. The van der Waals surface area contributed by atoms with Gasteiger partial charge in [-0.3, -0.25) is 0 Å². The van der Waals surface area contributed by atoms with Gasteiger partial charge in [0.2, 0.25) is 5.52 Å². The van der Waals surface area contributed by atoms with Crippen LogP contribution in [0.25, 0.3) is 17.0 Å². The molecular formula is C26H30IN2S+. The van der Waals surface area contributed by atoms with Crippen LogP contribution in [-0.2, 0) is 7.05 Å². The predicted octanol–water partition coefficient (Wildman–Crippen LogP) is 7.35. The minimum Gasteiger partial charge on any atom is -0.335 e. The molecule has 0 unspecified atom stereocenters. The molecule has 0 radical (unpaired) electrons. The van der Waals surface area contributed by atoms with Crippen molar-refractivity contribution in [1.29, 1.82) is 0 Å². The number of aromatic nitrogens is 1. The van der Waals surface area contributed by atoms with Gasteiger partial charge in [-0.25, -0.2) is 4.57 Å². The lowest BCUT2D eigenvalue weighted by atomic mass is 10.1. The Labute approximate surface area is 198 Å². The first kappa shape index (κ1) is 21.7. The van der Waals surface area contributed by atoms with Crippen molar-refractivity contribution < 1.29 is 4.57 Å². The Morgan fingerprint density at radius 2 is 1.63 bits per heavy atom. The van der Waals surface area contributed by atoms with E-state index in [1.165, 1.54) is 75.0 Å². The first-order chi connectivity index (χ1) is 14.8. The van der Waals surface area contributed by atoms with Crippen molar-refractivity contribution >= 4 is 57.0 Å². The van der Waals surface area contributed by atoms with Crippen LogP contribution in [0.15, 0.2) is 70.7 Å². The summed E-state index contributed by atoms with van der Waals surface area (Å²) in [7, 11) is 2.12. The quantitative estimate of drug-likeness (QED) is 0.124. The van der Waals surface area contributed by atoms with Gasteiger partial charge in [0.15, 0.2) is 6.20 Å². The zero-order valence-corrected chi connectivity index (χ0v) is 20.7. The maximum atomic E-state index is 2.53. The molecule has 0 N–H and O–H groups in total. The molecule has 1 aliphatic rings. The van der Waals surface area contributed by atoms with E-state index in [1.807, 2.05) is 11.8 Å². The molecule has 1 aliphatic heterocycles. The number of para-hydroxylation sites is 2. The number of alkyl halides is 1. The molecule has 4 rings (SSSR count). The summed E-state index contributed by atoms with van der Waals surface area (Å²) in [6.07, 6.45) is 12.6. The molecule has 3 aromatic rings. The lowest BCUT2D eigenvalue weighted by Gasteiger charge is -2.20. The Morgan fingerprint density at radius 1 is 0.900 bits per heavy atom. The summed E-state index contributed by atoms with van der Waals surface area (Å²) in [5.41, 5.74) is 3.93. The molecule has 2 heterocycles. The van der Waals surface area contributed by atoms with Crippen molar-refractivity contribution in [1.82, 2.24) is 0 Å². The van der Waals surface area contributed by atoms with Crippen molar-refractivity contribution in [3.05, 3.63) is 71.4 Å². The van der Waals surface area contributed by atoms with Gasteiger partial charge in [0, 0.05) is 23.6 Å². The topological polar surface area (TPSA) is 7.12 Å². The molecule has 2 aromatic carbocycles. The molecule has 0 fully saturated rings. The Balaban J connectivity index is 1.54. The Hall–Kier alpha value is -1.53. The number of anilines is 1. The largest absolute Gasteiger partial charge is 0.335 e. The second-order valence-corrected chi connectivity index (χ2v) is 10.1. The summed E-state index contributed by atoms with van der Waals surface area (Å²) in [5, 5.41) is 2.65. The highest BCUT2D eigenvalue weighted by molar-refractivity contribution is 14.1. The van der Waals surface area contributed by atoms with Crippen LogP contribution in [0.2, 0.25) is 0 Å². The summed E-state index contributed by atoms with van der Waals surface area (Å²) < 4.78 is 3.49. The summed E-state index contributed by atoms with van der Waals surface area (Å²) in [4.78, 5) is 3.91. The number of aryl methyl sites for hydroxylation is 1. The van der Waals surface area contributed by atoms with Crippen LogP contribution in [0.5, 0.6) is 0 Å². The van der Waals surface area contributed by atoms with Crippen molar-refractivity contribution in [2.45, 2.75) is 43.4 Å². The minimum atomic E-state index is 1.10. The molecular weight excluding hydrogens is 499 g/mol. The molecule has 0 spiro atoms. The second-order valence-electron chi connectivity index (χ2n) is 7.91. The Morgan fingerprint density at radius 3 is 2.50 bits per heavy atom. The van der Waals surface area contributed by atoms with Gasteiger partial charge in [-0.05, 0) is 47.1 Å². The first-order valence-corrected chi connectivity index (χ1v) is 13.3. The SMILES string of the molecule is C[n+]1ccc(/C=C2\Sc3ccccc3N2CCCCCCCCI)c2ccccc21. The lowest BCUT2D eigenvalue weighted by Crippen LogP contribution is -2.28. The van der Waals surface area contributed by atoms with Crippen LogP contribution in [0, 0.1) is 0 Å². The van der Waals surface area contributed by atoms with E-state index in [9.17, 15) is 0 Å². The number of thioether (sulfide) groups is 1.